The van der Waals surface area contributed by atoms with Crippen molar-refractivity contribution in [2.45, 2.75) is 47.1 Å². The lowest BCUT2D eigenvalue weighted by molar-refractivity contribution is -0.132. The molecule has 15 heavy (non-hydrogen) atoms. The first kappa shape index (κ1) is 14.2. The lowest BCUT2D eigenvalue weighted by Crippen LogP contribution is -2.37. The third kappa shape index (κ3) is 5.57. The zero-order chi connectivity index (χ0) is 12.1. The summed E-state index contributed by atoms with van der Waals surface area (Å²) in [5.74, 6) is -0.817. The number of aliphatic carboxylic acids is 1. The van der Waals surface area contributed by atoms with Crippen LogP contribution in [0.1, 0.15) is 41.0 Å². The van der Waals surface area contributed by atoms with Crippen molar-refractivity contribution in [2.75, 3.05) is 6.54 Å². The summed E-state index contributed by atoms with van der Waals surface area (Å²) in [6.45, 7) is 11.1. The molecule has 1 unspecified atom stereocenters. The third-order valence-corrected chi connectivity index (χ3v) is 2.73. The Labute approximate surface area is 92.6 Å². The van der Waals surface area contributed by atoms with E-state index in [2.05, 4.69) is 33.0 Å². The molecule has 0 spiro atoms. The Morgan fingerprint density at radius 3 is 2.33 bits per heavy atom. The van der Waals surface area contributed by atoms with E-state index in [1.807, 2.05) is 6.92 Å². The van der Waals surface area contributed by atoms with Crippen LogP contribution in [0.2, 0.25) is 0 Å². The van der Waals surface area contributed by atoms with Crippen molar-refractivity contribution < 1.29 is 9.90 Å². The maximum Gasteiger partial charge on any atom is 0.331 e. The maximum atomic E-state index is 10.7. The van der Waals surface area contributed by atoms with Crippen LogP contribution in [0.25, 0.3) is 0 Å². The first-order valence-electron chi connectivity index (χ1n) is 5.44. The Morgan fingerprint density at radius 1 is 1.47 bits per heavy atom. The van der Waals surface area contributed by atoms with E-state index < -0.39 is 5.97 Å². The van der Waals surface area contributed by atoms with Crippen molar-refractivity contribution >= 4 is 5.97 Å². The van der Waals surface area contributed by atoms with Gasteiger partial charge in [-0.05, 0) is 18.8 Å². The van der Waals surface area contributed by atoms with Crippen molar-refractivity contribution in [1.29, 1.82) is 0 Å². The molecule has 0 fully saturated rings. The SMILES string of the molecule is CCC(=CCNC(C)C(C)(C)C)C(=O)O. The molecule has 0 rings (SSSR count). The van der Waals surface area contributed by atoms with Gasteiger partial charge in [-0.2, -0.15) is 0 Å². The molecule has 2 N–H and O–H groups in total. The lowest BCUT2D eigenvalue weighted by Gasteiger charge is -2.27. The van der Waals surface area contributed by atoms with Gasteiger partial charge in [-0.15, -0.1) is 0 Å². The zero-order valence-corrected chi connectivity index (χ0v) is 10.4. The Morgan fingerprint density at radius 2 is 2.00 bits per heavy atom. The molecule has 0 aromatic heterocycles. The summed E-state index contributed by atoms with van der Waals surface area (Å²) < 4.78 is 0. The van der Waals surface area contributed by atoms with E-state index in [1.165, 1.54) is 0 Å². The van der Waals surface area contributed by atoms with Gasteiger partial charge in [-0.3, -0.25) is 0 Å². The molecule has 0 saturated carbocycles. The van der Waals surface area contributed by atoms with Crippen LogP contribution in [-0.4, -0.2) is 23.7 Å². The fraction of sp³-hybridized carbons (Fsp3) is 0.750. The number of hydrogen-bond acceptors (Lipinski definition) is 2. The standard InChI is InChI=1S/C12H23NO2/c1-6-10(11(14)15)7-8-13-9(2)12(3,4)5/h7,9,13H,6,8H2,1-5H3,(H,14,15). The van der Waals surface area contributed by atoms with E-state index in [4.69, 9.17) is 5.11 Å². The number of nitrogens with one attached hydrogen (secondary N) is 1. The van der Waals surface area contributed by atoms with Crippen molar-refractivity contribution in [2.24, 2.45) is 5.41 Å². The van der Waals surface area contributed by atoms with Gasteiger partial charge < -0.3 is 10.4 Å². The Kier molecular flexibility index (Phi) is 5.58. The summed E-state index contributed by atoms with van der Waals surface area (Å²) >= 11 is 0. The van der Waals surface area contributed by atoms with Crippen molar-refractivity contribution in [3.05, 3.63) is 11.6 Å². The molecular weight excluding hydrogens is 190 g/mol. The van der Waals surface area contributed by atoms with Crippen LogP contribution in [0, 0.1) is 5.41 Å². The second-order valence-corrected chi connectivity index (χ2v) is 4.88. The normalized spacial score (nSPS) is 15.1. The van der Waals surface area contributed by atoms with Crippen molar-refractivity contribution in [3.63, 3.8) is 0 Å². The quantitative estimate of drug-likeness (QED) is 0.690. The predicted molar refractivity (Wildman–Crippen MR) is 62.9 cm³/mol. The highest BCUT2D eigenvalue weighted by atomic mass is 16.4. The van der Waals surface area contributed by atoms with E-state index in [0.717, 1.165) is 0 Å². The highest BCUT2D eigenvalue weighted by Gasteiger charge is 2.18. The number of carbonyl (C=O) groups is 1. The van der Waals surface area contributed by atoms with Gasteiger partial charge >= 0.3 is 5.97 Å². The lowest BCUT2D eigenvalue weighted by atomic mass is 9.88. The summed E-state index contributed by atoms with van der Waals surface area (Å²) in [6.07, 6.45) is 2.32. The number of hydrogen-bond donors (Lipinski definition) is 2. The molecule has 88 valence electrons. The number of carboxylic acids is 1. The van der Waals surface area contributed by atoms with Crippen LogP contribution in [-0.2, 0) is 4.79 Å². The molecule has 0 aliphatic heterocycles. The van der Waals surface area contributed by atoms with E-state index in [1.54, 1.807) is 6.08 Å². The Balaban J connectivity index is 4.12. The summed E-state index contributed by atoms with van der Waals surface area (Å²) in [5, 5.41) is 12.1. The summed E-state index contributed by atoms with van der Waals surface area (Å²) in [7, 11) is 0. The average molecular weight is 213 g/mol. The Bertz CT molecular complexity index is 238. The van der Waals surface area contributed by atoms with Crippen molar-refractivity contribution in [3.8, 4) is 0 Å². The molecule has 0 bridgehead atoms. The van der Waals surface area contributed by atoms with Crippen LogP contribution < -0.4 is 5.32 Å². The smallest absolute Gasteiger partial charge is 0.331 e. The maximum absolute atomic E-state index is 10.7. The van der Waals surface area contributed by atoms with Gasteiger partial charge in [0.25, 0.3) is 0 Å². The largest absolute Gasteiger partial charge is 0.478 e. The van der Waals surface area contributed by atoms with Crippen LogP contribution in [0.15, 0.2) is 11.6 Å². The second kappa shape index (κ2) is 5.91. The average Bonchev–Trinajstić information content (AvgIpc) is 2.09. The molecule has 0 aliphatic carbocycles. The molecule has 3 heteroatoms. The second-order valence-electron chi connectivity index (χ2n) is 4.88. The topological polar surface area (TPSA) is 49.3 Å². The summed E-state index contributed by atoms with van der Waals surface area (Å²) in [4.78, 5) is 10.7. The van der Waals surface area contributed by atoms with E-state index >= 15 is 0 Å². The minimum atomic E-state index is -0.817. The molecular formula is C12H23NO2. The first-order chi connectivity index (χ1) is 6.79. The van der Waals surface area contributed by atoms with Crippen LogP contribution >= 0.6 is 0 Å². The zero-order valence-electron chi connectivity index (χ0n) is 10.4. The van der Waals surface area contributed by atoms with Crippen molar-refractivity contribution in [1.82, 2.24) is 5.32 Å². The fourth-order valence-electron chi connectivity index (χ4n) is 1.05. The number of carboxylic acid groups (broad SMARTS) is 1. The highest BCUT2D eigenvalue weighted by Crippen LogP contribution is 2.18. The van der Waals surface area contributed by atoms with Gasteiger partial charge in [-0.1, -0.05) is 33.8 Å². The van der Waals surface area contributed by atoms with Gasteiger partial charge in [-0.25, -0.2) is 4.79 Å². The fourth-order valence-corrected chi connectivity index (χ4v) is 1.05. The Hall–Kier alpha value is -0.830. The monoisotopic (exact) mass is 213 g/mol. The molecule has 0 heterocycles. The molecule has 0 saturated heterocycles. The molecule has 3 nitrogen and oxygen atoms in total. The van der Waals surface area contributed by atoms with Crippen LogP contribution in [0.5, 0.6) is 0 Å². The van der Waals surface area contributed by atoms with Gasteiger partial charge in [0, 0.05) is 18.2 Å². The molecule has 0 radical (unpaired) electrons. The van der Waals surface area contributed by atoms with E-state index in [9.17, 15) is 4.79 Å². The van der Waals surface area contributed by atoms with Gasteiger partial charge in [0.15, 0.2) is 0 Å². The minimum Gasteiger partial charge on any atom is -0.478 e. The predicted octanol–water partition coefficient (Wildman–Crippen LogP) is 2.43. The molecule has 0 aromatic rings. The molecule has 0 aromatic carbocycles. The van der Waals surface area contributed by atoms with Crippen LogP contribution in [0.3, 0.4) is 0 Å². The third-order valence-electron chi connectivity index (χ3n) is 2.73. The highest BCUT2D eigenvalue weighted by molar-refractivity contribution is 5.86. The van der Waals surface area contributed by atoms with Gasteiger partial charge in [0.2, 0.25) is 0 Å². The van der Waals surface area contributed by atoms with Gasteiger partial charge in [0.1, 0.15) is 0 Å². The summed E-state index contributed by atoms with van der Waals surface area (Å²) in [5.41, 5.74) is 0.673. The van der Waals surface area contributed by atoms with E-state index in [-0.39, 0.29) is 5.41 Å². The molecule has 1 atom stereocenters. The molecule has 0 amide bonds. The van der Waals surface area contributed by atoms with E-state index in [0.29, 0.717) is 24.6 Å². The van der Waals surface area contributed by atoms with Crippen LogP contribution in [0.4, 0.5) is 0 Å². The van der Waals surface area contributed by atoms with Gasteiger partial charge in [0.05, 0.1) is 0 Å². The first-order valence-corrected chi connectivity index (χ1v) is 5.44. The number of rotatable bonds is 5. The minimum absolute atomic E-state index is 0.198. The molecule has 0 aliphatic rings. The summed E-state index contributed by atoms with van der Waals surface area (Å²) in [6, 6.07) is 0.362.